The highest BCUT2D eigenvalue weighted by Crippen LogP contribution is 2.29. The van der Waals surface area contributed by atoms with Crippen LogP contribution in [0.15, 0.2) is 36.5 Å². The molecule has 2 atom stereocenters. The highest BCUT2D eigenvalue weighted by Gasteiger charge is 2.16. The van der Waals surface area contributed by atoms with Crippen molar-refractivity contribution in [3.63, 3.8) is 0 Å². The lowest BCUT2D eigenvalue weighted by molar-refractivity contribution is 0.427. The van der Waals surface area contributed by atoms with Crippen LogP contribution in [-0.4, -0.2) is 17.6 Å². The first-order chi connectivity index (χ1) is 9.09. The van der Waals surface area contributed by atoms with E-state index in [2.05, 4.69) is 62.3 Å². The topological polar surface area (TPSA) is 24.9 Å². The fourth-order valence-corrected chi connectivity index (χ4v) is 2.43. The van der Waals surface area contributed by atoms with Crippen LogP contribution >= 0.6 is 0 Å². The molecule has 0 aliphatic carbocycles. The van der Waals surface area contributed by atoms with E-state index in [1.54, 1.807) is 0 Å². The van der Waals surface area contributed by atoms with Gasteiger partial charge in [-0.1, -0.05) is 45.9 Å². The fraction of sp³-hybridized carbons (Fsp3) is 0.471. The molecule has 2 aromatic rings. The summed E-state index contributed by atoms with van der Waals surface area (Å²) in [5.41, 5.74) is 2.50. The van der Waals surface area contributed by atoms with Gasteiger partial charge in [0.15, 0.2) is 0 Å². The summed E-state index contributed by atoms with van der Waals surface area (Å²) in [6.45, 7) is 10.1. The summed E-state index contributed by atoms with van der Waals surface area (Å²) in [4.78, 5) is 4.44. The average molecular weight is 256 g/mol. The minimum absolute atomic E-state index is 0.527. The number of nitrogens with zero attached hydrogens (tertiary/aromatic N) is 1. The Balaban J connectivity index is 2.23. The zero-order valence-electron chi connectivity index (χ0n) is 12.4. The Labute approximate surface area is 116 Å². The minimum Gasteiger partial charge on any atom is -0.314 e. The summed E-state index contributed by atoms with van der Waals surface area (Å²) in [5.74, 6) is 1.13. The predicted octanol–water partition coefficient (Wildman–Crippen LogP) is 3.97. The van der Waals surface area contributed by atoms with Crippen molar-refractivity contribution in [1.82, 2.24) is 10.3 Å². The predicted molar refractivity (Wildman–Crippen MR) is 82.5 cm³/mol. The van der Waals surface area contributed by atoms with Gasteiger partial charge in [-0.3, -0.25) is 4.98 Å². The summed E-state index contributed by atoms with van der Waals surface area (Å²) in [5, 5.41) is 4.81. The highest BCUT2D eigenvalue weighted by molar-refractivity contribution is 5.82. The van der Waals surface area contributed by atoms with E-state index in [1.807, 2.05) is 12.3 Å². The first-order valence-electron chi connectivity index (χ1n) is 7.16. The zero-order chi connectivity index (χ0) is 13.8. The zero-order valence-corrected chi connectivity index (χ0v) is 12.4. The standard InChI is InChI=1S/C17H24N2/c1-12(2)19-11-13(3)14(4)15-7-5-9-17-16(15)8-6-10-18-17/h5-10,12-14,19H,11H2,1-4H3. The Hall–Kier alpha value is -1.41. The molecule has 0 spiro atoms. The van der Waals surface area contributed by atoms with E-state index < -0.39 is 0 Å². The summed E-state index contributed by atoms with van der Waals surface area (Å²) in [6, 6.07) is 11.2. The molecule has 0 aliphatic rings. The first kappa shape index (κ1) is 14.0. The van der Waals surface area contributed by atoms with Crippen molar-refractivity contribution in [3.8, 4) is 0 Å². The number of aromatic nitrogens is 1. The Morgan fingerprint density at radius 2 is 1.84 bits per heavy atom. The van der Waals surface area contributed by atoms with Crippen molar-refractivity contribution in [2.24, 2.45) is 5.92 Å². The van der Waals surface area contributed by atoms with E-state index >= 15 is 0 Å². The van der Waals surface area contributed by atoms with E-state index in [0.717, 1.165) is 12.1 Å². The van der Waals surface area contributed by atoms with E-state index in [-0.39, 0.29) is 0 Å². The molecule has 1 heterocycles. The molecule has 0 bridgehead atoms. The minimum atomic E-state index is 0.527. The number of pyridine rings is 1. The third-order valence-electron chi connectivity index (χ3n) is 3.87. The van der Waals surface area contributed by atoms with Gasteiger partial charge in [-0.25, -0.2) is 0 Å². The van der Waals surface area contributed by atoms with Crippen molar-refractivity contribution in [2.75, 3.05) is 6.54 Å². The lowest BCUT2D eigenvalue weighted by Gasteiger charge is -2.23. The van der Waals surface area contributed by atoms with E-state index in [9.17, 15) is 0 Å². The quantitative estimate of drug-likeness (QED) is 0.875. The van der Waals surface area contributed by atoms with E-state index in [1.165, 1.54) is 10.9 Å². The Morgan fingerprint density at radius 3 is 2.58 bits per heavy atom. The van der Waals surface area contributed by atoms with Crippen LogP contribution in [0.4, 0.5) is 0 Å². The number of hydrogen-bond donors (Lipinski definition) is 1. The van der Waals surface area contributed by atoms with Crippen molar-refractivity contribution in [2.45, 2.75) is 39.7 Å². The van der Waals surface area contributed by atoms with Gasteiger partial charge in [0.2, 0.25) is 0 Å². The van der Waals surface area contributed by atoms with Gasteiger partial charge in [0.25, 0.3) is 0 Å². The van der Waals surface area contributed by atoms with Gasteiger partial charge in [-0.05, 0) is 36.1 Å². The molecule has 1 aromatic carbocycles. The smallest absolute Gasteiger partial charge is 0.0704 e. The van der Waals surface area contributed by atoms with Crippen molar-refractivity contribution < 1.29 is 0 Å². The largest absolute Gasteiger partial charge is 0.314 e. The molecule has 2 nitrogen and oxygen atoms in total. The van der Waals surface area contributed by atoms with Crippen LogP contribution in [-0.2, 0) is 0 Å². The molecule has 102 valence electrons. The van der Waals surface area contributed by atoms with Crippen LogP contribution in [0, 0.1) is 5.92 Å². The van der Waals surface area contributed by atoms with Gasteiger partial charge in [0, 0.05) is 17.6 Å². The molecular weight excluding hydrogens is 232 g/mol. The SMILES string of the molecule is CC(C)NCC(C)C(C)c1cccc2ncccc12. The van der Waals surface area contributed by atoms with Crippen molar-refractivity contribution in [3.05, 3.63) is 42.1 Å². The number of rotatable bonds is 5. The van der Waals surface area contributed by atoms with Crippen LogP contribution < -0.4 is 5.32 Å². The van der Waals surface area contributed by atoms with Crippen molar-refractivity contribution in [1.29, 1.82) is 0 Å². The Kier molecular flexibility index (Phi) is 4.54. The molecule has 0 fully saturated rings. The van der Waals surface area contributed by atoms with Crippen LogP contribution in [0.5, 0.6) is 0 Å². The molecule has 2 heteroatoms. The maximum atomic E-state index is 4.44. The van der Waals surface area contributed by atoms with Gasteiger partial charge >= 0.3 is 0 Å². The number of fused-ring (bicyclic) bond motifs is 1. The maximum absolute atomic E-state index is 4.44. The Bertz CT molecular complexity index is 528. The van der Waals surface area contributed by atoms with Gasteiger partial charge in [-0.2, -0.15) is 0 Å². The first-order valence-corrected chi connectivity index (χ1v) is 7.16. The lowest BCUT2D eigenvalue weighted by atomic mass is 9.86. The second-order valence-corrected chi connectivity index (χ2v) is 5.75. The van der Waals surface area contributed by atoms with Crippen LogP contribution in [0.2, 0.25) is 0 Å². The van der Waals surface area contributed by atoms with Crippen LogP contribution in [0.1, 0.15) is 39.2 Å². The highest BCUT2D eigenvalue weighted by atomic mass is 14.9. The average Bonchev–Trinajstić information content (AvgIpc) is 2.43. The maximum Gasteiger partial charge on any atom is 0.0704 e. The molecule has 19 heavy (non-hydrogen) atoms. The molecule has 0 saturated carbocycles. The molecule has 0 saturated heterocycles. The van der Waals surface area contributed by atoms with Gasteiger partial charge < -0.3 is 5.32 Å². The molecule has 1 N–H and O–H groups in total. The van der Waals surface area contributed by atoms with E-state index in [4.69, 9.17) is 0 Å². The molecule has 0 amide bonds. The summed E-state index contributed by atoms with van der Waals surface area (Å²) < 4.78 is 0. The van der Waals surface area contributed by atoms with Crippen LogP contribution in [0.3, 0.4) is 0 Å². The molecule has 0 aliphatic heterocycles. The molecule has 0 radical (unpaired) electrons. The third-order valence-corrected chi connectivity index (χ3v) is 3.87. The third kappa shape index (κ3) is 3.32. The molecule has 2 rings (SSSR count). The molecular formula is C17H24N2. The van der Waals surface area contributed by atoms with Gasteiger partial charge in [-0.15, -0.1) is 0 Å². The summed E-state index contributed by atoms with van der Waals surface area (Å²) in [6.07, 6.45) is 1.86. The number of nitrogens with one attached hydrogen (secondary N) is 1. The molecule has 2 unspecified atom stereocenters. The van der Waals surface area contributed by atoms with E-state index in [0.29, 0.717) is 17.9 Å². The number of benzene rings is 1. The Morgan fingerprint density at radius 1 is 1.05 bits per heavy atom. The van der Waals surface area contributed by atoms with Crippen LogP contribution in [0.25, 0.3) is 10.9 Å². The summed E-state index contributed by atoms with van der Waals surface area (Å²) >= 11 is 0. The van der Waals surface area contributed by atoms with Gasteiger partial charge in [0.05, 0.1) is 5.52 Å². The monoisotopic (exact) mass is 256 g/mol. The molecule has 1 aromatic heterocycles. The van der Waals surface area contributed by atoms with Gasteiger partial charge in [0.1, 0.15) is 0 Å². The second-order valence-electron chi connectivity index (χ2n) is 5.75. The summed E-state index contributed by atoms with van der Waals surface area (Å²) in [7, 11) is 0. The number of hydrogen-bond acceptors (Lipinski definition) is 2. The lowest BCUT2D eigenvalue weighted by Crippen LogP contribution is -2.29. The van der Waals surface area contributed by atoms with Crippen molar-refractivity contribution >= 4 is 10.9 Å². The second kappa shape index (κ2) is 6.16. The fourth-order valence-electron chi connectivity index (χ4n) is 2.43. The normalized spacial score (nSPS) is 14.8.